The van der Waals surface area contributed by atoms with Gasteiger partial charge in [-0.15, -0.1) is 0 Å². The largest absolute Gasteiger partial charge is 0.780 e. The van der Waals surface area contributed by atoms with Crippen molar-refractivity contribution >= 4 is 91.5 Å². The summed E-state index contributed by atoms with van der Waals surface area (Å²) in [6.45, 7) is 18.4. The Morgan fingerprint density at radius 3 is 2.27 bits per heavy atom. The van der Waals surface area contributed by atoms with Crippen LogP contribution in [-0.2, 0) is 67.3 Å². The zero-order valence-electron chi connectivity index (χ0n) is 43.8. The number of nitrogens with one attached hydrogen (secondary N) is 5. The predicted octanol–water partition coefficient (Wildman–Crippen LogP) is 2.10. The normalized spacial score (nSPS) is 28.1. The molecule has 0 aromatic carbocycles. The lowest BCUT2D eigenvalue weighted by Crippen LogP contribution is -3.11. The molecule has 0 spiro atoms. The van der Waals surface area contributed by atoms with Crippen molar-refractivity contribution in [3.63, 3.8) is 0 Å². The summed E-state index contributed by atoms with van der Waals surface area (Å²) in [5, 5.41) is 21.2. The molecule has 3 saturated heterocycles. The van der Waals surface area contributed by atoms with Gasteiger partial charge in [-0.3, -0.25) is 9.13 Å². The number of fused-ring (bicyclic) bond motifs is 4. The number of amides is 1. The van der Waals surface area contributed by atoms with E-state index in [9.17, 15) is 19.4 Å². The lowest BCUT2D eigenvalue weighted by atomic mass is 10.1. The molecule has 10 atom stereocenters. The van der Waals surface area contributed by atoms with E-state index in [1.165, 1.54) is 56.5 Å². The standard InChI is InChI=1S/C32H46FN11O11P2S2Si.2C6H15N/c1-60(2,3)10-9-49-32(46)37-8-7-36-31-41-25(34)21-28(42-31)44(15-40-21)30-24-20(33)17(52-30)12-50-56(47,58)54-23-18(13-51-57(48,59)55-24)53-29(22(23)45)43-11-16-5-4-6-35-26-19(16)27(43)39-14-38-26;2*1-4-7(5-2)6-3/h11,14-15,17-18,20,22-24,29-30,45H,4-10,12-13H2,1-3H3,(H,37,46)(H,47,58)(H,48,59)(H,35,38,39)(H3,34,36,41,42);2*4-6H2,1-3H3/t17-,18-,20-,22-,23-,24-,29-,30-,56?,57?;;/m1../s1. The number of carbonyl (C=O) groups is 1. The van der Waals surface area contributed by atoms with Gasteiger partial charge in [0.15, 0.2) is 30.1 Å². The smallest absolute Gasteiger partial charge is 0.407 e. The monoisotopic (exact) mass is 1140 g/mol. The number of nitrogens with zero attached hydrogens (tertiary/aromatic N) is 7. The molecule has 8 heterocycles. The summed E-state index contributed by atoms with van der Waals surface area (Å²) in [5.74, 6) is 0.622. The predicted molar refractivity (Wildman–Crippen MR) is 285 cm³/mol. The summed E-state index contributed by atoms with van der Waals surface area (Å²) >= 11 is 10.5. The first-order chi connectivity index (χ1) is 35.2. The summed E-state index contributed by atoms with van der Waals surface area (Å²) in [7, 11) is -1.37. The molecule has 3 fully saturated rings. The average molecular weight is 1140 g/mol. The molecular weight excluding hydrogens is 1060 g/mol. The Morgan fingerprint density at radius 1 is 0.959 bits per heavy atom. The third-order valence-corrected chi connectivity index (χ3v) is 18.0. The molecule has 0 radical (unpaired) electrons. The van der Waals surface area contributed by atoms with Gasteiger partial charge in [-0.2, -0.15) is 9.97 Å². The minimum Gasteiger partial charge on any atom is -0.780 e. The topological polar surface area (TPSA) is 287 Å². The van der Waals surface area contributed by atoms with Crippen molar-refractivity contribution in [2.75, 3.05) is 95.1 Å². The van der Waals surface area contributed by atoms with Crippen LogP contribution in [0.5, 0.6) is 0 Å². The van der Waals surface area contributed by atoms with Crippen molar-refractivity contribution in [3.05, 3.63) is 24.4 Å². The lowest BCUT2D eigenvalue weighted by molar-refractivity contribution is -0.894. The maximum atomic E-state index is 16.3. The van der Waals surface area contributed by atoms with Crippen LogP contribution in [0.2, 0.25) is 25.7 Å². The molecule has 2 bridgehead atoms. The molecule has 2 unspecified atom stereocenters. The number of aryl methyl sites for hydroxylation is 1. The number of nitrogens with two attached hydrogens (primary N) is 1. The maximum absolute atomic E-state index is 16.3. The minimum atomic E-state index is -4.60. The number of halogens is 1. The average Bonchev–Trinajstić information content (AvgIpc) is 4.07. The molecule has 416 valence electrons. The first-order valence-corrected chi connectivity index (χ1v) is 34.3. The Balaban J connectivity index is 0.000000560. The van der Waals surface area contributed by atoms with Crippen LogP contribution in [0.4, 0.5) is 26.8 Å². The van der Waals surface area contributed by atoms with E-state index in [0.29, 0.717) is 31.0 Å². The summed E-state index contributed by atoms with van der Waals surface area (Å²) in [6, 6.07) is 0.831. The van der Waals surface area contributed by atoms with Gasteiger partial charge in [-0.1, -0.05) is 31.4 Å². The fourth-order valence-corrected chi connectivity index (χ4v) is 12.3. The van der Waals surface area contributed by atoms with Crippen LogP contribution >= 0.6 is 13.5 Å². The number of aliphatic hydroxyl groups excluding tert-OH is 1. The molecule has 4 aliphatic heterocycles. The third-order valence-electron chi connectivity index (χ3n) is 13.2. The van der Waals surface area contributed by atoms with Crippen molar-refractivity contribution in [2.45, 2.75) is 129 Å². The summed E-state index contributed by atoms with van der Waals surface area (Å²) in [4.78, 5) is 50.9. The highest BCUT2D eigenvalue weighted by atomic mass is 32.7. The molecule has 4 aromatic heterocycles. The van der Waals surface area contributed by atoms with E-state index in [1.807, 2.05) is 0 Å². The van der Waals surface area contributed by atoms with Gasteiger partial charge >= 0.3 is 6.09 Å². The number of rotatable bonds is 15. The Bertz CT molecular complexity index is 2540. The highest BCUT2D eigenvalue weighted by molar-refractivity contribution is 8.32. The number of imidazole rings is 1. The number of quaternary nitrogens is 2. The fourth-order valence-electron chi connectivity index (χ4n) is 8.78. The summed E-state index contributed by atoms with van der Waals surface area (Å²) in [5.41, 5.74) is 7.77. The van der Waals surface area contributed by atoms with E-state index in [4.69, 9.17) is 62.1 Å². The van der Waals surface area contributed by atoms with Crippen LogP contribution in [0.3, 0.4) is 0 Å². The fraction of sp³-hybridized carbons (Fsp3) is 0.727. The van der Waals surface area contributed by atoms with E-state index in [1.54, 1.807) is 20.6 Å². The molecule has 8 rings (SSSR count). The van der Waals surface area contributed by atoms with Crippen LogP contribution in [0.1, 0.15) is 66.0 Å². The van der Waals surface area contributed by atoms with Crippen molar-refractivity contribution in [2.24, 2.45) is 0 Å². The Morgan fingerprint density at radius 2 is 1.62 bits per heavy atom. The van der Waals surface area contributed by atoms with Gasteiger partial charge in [0.2, 0.25) is 12.7 Å². The Labute approximate surface area is 443 Å². The zero-order chi connectivity index (χ0) is 54.0. The van der Waals surface area contributed by atoms with Gasteiger partial charge in [-0.25, -0.2) is 24.1 Å². The van der Waals surface area contributed by atoms with E-state index in [2.05, 4.69) is 102 Å². The Hall–Kier alpha value is -3.18. The maximum Gasteiger partial charge on any atom is 0.407 e. The molecule has 0 saturated carbocycles. The van der Waals surface area contributed by atoms with Crippen molar-refractivity contribution in [3.8, 4) is 0 Å². The second-order valence-corrected chi connectivity index (χ2v) is 30.4. The Kier molecular flexibility index (Phi) is 21.8. The first-order valence-electron chi connectivity index (χ1n) is 25.5. The van der Waals surface area contributed by atoms with Gasteiger partial charge in [0.25, 0.3) is 0 Å². The lowest BCUT2D eigenvalue weighted by Gasteiger charge is -2.34. The van der Waals surface area contributed by atoms with Crippen LogP contribution < -0.4 is 36.4 Å². The highest BCUT2D eigenvalue weighted by Gasteiger charge is 2.52. The zero-order valence-corrected chi connectivity index (χ0v) is 48.2. The van der Waals surface area contributed by atoms with Crippen LogP contribution in [0, 0.1) is 0 Å². The van der Waals surface area contributed by atoms with Gasteiger partial charge in [0, 0.05) is 33.9 Å². The van der Waals surface area contributed by atoms with E-state index < -0.39 is 90.0 Å². The molecule has 74 heavy (non-hydrogen) atoms. The molecule has 4 aliphatic rings. The van der Waals surface area contributed by atoms with Gasteiger partial charge in [0.05, 0.1) is 70.8 Å². The van der Waals surface area contributed by atoms with Crippen LogP contribution in [-0.4, -0.2) is 169 Å². The van der Waals surface area contributed by atoms with Gasteiger partial charge in [0.1, 0.15) is 60.5 Å². The van der Waals surface area contributed by atoms with Crippen LogP contribution in [0.15, 0.2) is 18.9 Å². The summed E-state index contributed by atoms with van der Waals surface area (Å²) in [6.07, 6.45) is -6.87. The van der Waals surface area contributed by atoms with Crippen molar-refractivity contribution < 1.29 is 65.9 Å². The first kappa shape index (κ1) is 60.1. The number of alkyl halides is 1. The second kappa shape index (κ2) is 26.9. The number of hydrogen-bond acceptors (Lipinski definition) is 21. The molecule has 24 nitrogen and oxygen atoms in total. The van der Waals surface area contributed by atoms with E-state index in [0.717, 1.165) is 23.4 Å². The minimum absolute atomic E-state index is 0.0370. The molecule has 30 heteroatoms. The van der Waals surface area contributed by atoms with Crippen molar-refractivity contribution in [1.82, 2.24) is 39.4 Å². The molecule has 8 N–H and O–H groups in total. The molecule has 4 aromatic rings. The number of anilines is 3. The van der Waals surface area contributed by atoms with Crippen molar-refractivity contribution in [1.29, 1.82) is 0 Å². The van der Waals surface area contributed by atoms with E-state index in [-0.39, 0.29) is 36.0 Å². The molecule has 0 aliphatic carbocycles. The SMILES string of the molecule is CC[NH+](CC)CC.CC[NH+](CC)CC.C[Si](C)(C)CCOC(=O)NCCNc1nc(N)c2ncn([C@@H]3O[C@@H]4COP([O-])(=S)O[C@H]5[C@@H](O)[C@H](n6cc7c8c(ncnc86)NCCC7)O[C@@H]5COP(=O)([S-])O[C@@H]3[C@@H]4F)c2n1. The third kappa shape index (κ3) is 15.5. The number of nitrogen functional groups attached to an aromatic ring is 1. The quantitative estimate of drug-likeness (QED) is 0.0388. The number of ether oxygens (including phenoxy) is 3. The van der Waals surface area contributed by atoms with E-state index >= 15 is 4.39 Å². The number of carbonyl (C=O) groups excluding carboxylic acids is 1. The number of alkyl carbamates (subject to hydrolysis) is 1. The van der Waals surface area contributed by atoms with Gasteiger partial charge in [-0.05, 0) is 66.0 Å². The second-order valence-electron chi connectivity index (χ2n) is 19.4. The number of hydrogen-bond donors (Lipinski definition) is 7. The number of aromatic nitrogens is 7. The van der Waals surface area contributed by atoms with Crippen LogP contribution in [0.25, 0.3) is 22.2 Å². The molecule has 1 amide bonds. The molecular formula is C44H76FN13O11P2S2Si. The number of aliphatic hydroxyl groups is 1. The highest BCUT2D eigenvalue weighted by Crippen LogP contribution is 2.54. The van der Waals surface area contributed by atoms with Gasteiger partial charge < -0.3 is 90.6 Å². The summed E-state index contributed by atoms with van der Waals surface area (Å²) < 4.78 is 73.1.